The van der Waals surface area contributed by atoms with Crippen molar-refractivity contribution >= 4 is 21.8 Å². The minimum absolute atomic E-state index is 0.0914. The van der Waals surface area contributed by atoms with Gasteiger partial charge in [-0.3, -0.25) is 4.18 Å². The van der Waals surface area contributed by atoms with E-state index in [2.05, 4.69) is 132 Å². The number of allylic oxidation sites excluding steroid dienone is 2. The smallest absolute Gasteiger partial charge is 0.217 e. The zero-order chi connectivity index (χ0) is 32.7. The lowest BCUT2D eigenvalue weighted by molar-refractivity contribution is 0.273. The molecule has 2 aliphatic heterocycles. The molecule has 0 N–H and O–H groups in total. The number of hydrogen-bond donors (Lipinski definition) is 0. The fourth-order valence-electron chi connectivity index (χ4n) is 5.56. The van der Waals surface area contributed by atoms with E-state index < -0.39 is 10.4 Å². The molecule has 0 saturated heterocycles. The average Bonchev–Trinajstić information content (AvgIpc) is 3.60. The van der Waals surface area contributed by atoms with Crippen LogP contribution in [0.5, 0.6) is 11.5 Å². The lowest BCUT2D eigenvalue weighted by Crippen LogP contribution is -2.33. The highest BCUT2D eigenvalue weighted by Crippen LogP contribution is 2.43. The maximum absolute atomic E-state index is 9.45. The third-order valence-corrected chi connectivity index (χ3v) is 8.29. The van der Waals surface area contributed by atoms with Gasteiger partial charge in [-0.1, -0.05) is 79.7 Å². The van der Waals surface area contributed by atoms with Gasteiger partial charge >= 0.3 is 0 Å². The summed E-state index contributed by atoms with van der Waals surface area (Å²) in [6.07, 6.45) is 5.11. The fourth-order valence-corrected chi connectivity index (χ4v) is 5.84. The zero-order valence-corrected chi connectivity index (χ0v) is 27.4. The van der Waals surface area contributed by atoms with Gasteiger partial charge in [0.25, 0.3) is 0 Å². The fraction of sp³-hybridized carbons (Fsp3) is 0.243. The molecule has 0 spiro atoms. The second-order valence-corrected chi connectivity index (χ2v) is 11.7. The Balaban J connectivity index is 0.000000537. The van der Waals surface area contributed by atoms with Crippen molar-refractivity contribution in [3.8, 4) is 33.8 Å². The maximum atomic E-state index is 9.45. The van der Waals surface area contributed by atoms with Gasteiger partial charge in [0.1, 0.15) is 5.75 Å². The average molecular weight is 640 g/mol. The van der Waals surface area contributed by atoms with Crippen molar-refractivity contribution < 1.29 is 26.6 Å². The molecule has 6 rings (SSSR count). The Kier molecular flexibility index (Phi) is 10.5. The normalized spacial score (nSPS) is 16.3. The predicted octanol–water partition coefficient (Wildman–Crippen LogP) is 8.15. The van der Waals surface area contributed by atoms with Crippen molar-refractivity contribution in [3.63, 3.8) is 0 Å². The number of ether oxygens (including phenoxy) is 2. The molecule has 0 aromatic heterocycles. The minimum atomic E-state index is -4.42. The van der Waals surface area contributed by atoms with Gasteiger partial charge in [0, 0.05) is 19.2 Å². The van der Waals surface area contributed by atoms with E-state index in [1.165, 1.54) is 34.8 Å². The third kappa shape index (κ3) is 7.62. The number of hydrogen-bond acceptors (Lipinski definition) is 8. The molecule has 8 nitrogen and oxygen atoms in total. The summed E-state index contributed by atoms with van der Waals surface area (Å²) in [6, 6.07) is 33.9. The molecule has 0 amide bonds. The van der Waals surface area contributed by atoms with E-state index in [0.717, 1.165) is 48.3 Å². The van der Waals surface area contributed by atoms with E-state index in [1.54, 1.807) is 0 Å². The summed E-state index contributed by atoms with van der Waals surface area (Å²) in [5.41, 5.74) is 8.22. The minimum Gasteiger partial charge on any atom is -0.726 e. The molecule has 2 aliphatic rings. The Bertz CT molecular complexity index is 1810. The highest BCUT2D eigenvalue weighted by molar-refractivity contribution is 7.80. The molecule has 46 heavy (non-hydrogen) atoms. The number of likely N-dealkylation sites (N-methyl/N-ethyl adjacent to an activating group) is 1. The molecule has 0 aliphatic carbocycles. The van der Waals surface area contributed by atoms with E-state index in [-0.39, 0.29) is 12.8 Å². The highest BCUT2D eigenvalue weighted by Gasteiger charge is 2.30. The quantitative estimate of drug-likeness (QED) is 0.134. The van der Waals surface area contributed by atoms with Crippen LogP contribution < -0.4 is 19.3 Å². The second kappa shape index (κ2) is 14.7. The summed E-state index contributed by atoms with van der Waals surface area (Å²) in [6.45, 7) is 9.53. The molecular formula is C37H39N2O6S-. The SMILES string of the molecule is CCC(=CC1Oc2ccc(-c3ccccc3)cc2N1CC)C=C1Oc2ccc(-c3ccccc3)cc2N1CC.CCOS(=O)(=O)[O-]. The van der Waals surface area contributed by atoms with Gasteiger partial charge in [0.2, 0.25) is 16.3 Å². The van der Waals surface area contributed by atoms with Crippen LogP contribution in [0.1, 0.15) is 34.1 Å². The van der Waals surface area contributed by atoms with Crippen molar-refractivity contribution in [1.82, 2.24) is 0 Å². The maximum Gasteiger partial charge on any atom is 0.217 e. The van der Waals surface area contributed by atoms with E-state index in [1.807, 2.05) is 12.1 Å². The topological polar surface area (TPSA) is 91.4 Å². The van der Waals surface area contributed by atoms with E-state index in [0.29, 0.717) is 0 Å². The molecule has 9 heteroatoms. The zero-order valence-electron chi connectivity index (χ0n) is 26.6. The van der Waals surface area contributed by atoms with Gasteiger partial charge in [-0.15, -0.1) is 0 Å². The Labute approximate surface area is 272 Å². The first-order valence-electron chi connectivity index (χ1n) is 15.5. The number of nitrogens with zero attached hydrogens (tertiary/aromatic N) is 2. The van der Waals surface area contributed by atoms with Crippen molar-refractivity contribution in [2.45, 2.75) is 40.3 Å². The molecule has 1 atom stereocenters. The van der Waals surface area contributed by atoms with Crippen LogP contribution in [-0.2, 0) is 14.6 Å². The van der Waals surface area contributed by atoms with Gasteiger partial charge in [-0.05, 0) is 85.4 Å². The molecule has 4 aromatic rings. The monoisotopic (exact) mass is 639 g/mol. The lowest BCUT2D eigenvalue weighted by atomic mass is 10.0. The number of benzene rings is 4. The largest absolute Gasteiger partial charge is 0.726 e. The molecule has 0 fully saturated rings. The molecule has 0 bridgehead atoms. The van der Waals surface area contributed by atoms with E-state index in [4.69, 9.17) is 9.47 Å². The van der Waals surface area contributed by atoms with Crippen LogP contribution in [0.25, 0.3) is 22.3 Å². The van der Waals surface area contributed by atoms with Gasteiger partial charge in [0.05, 0.1) is 18.0 Å². The lowest BCUT2D eigenvalue weighted by Gasteiger charge is -2.22. The van der Waals surface area contributed by atoms with Gasteiger partial charge < -0.3 is 23.8 Å². The highest BCUT2D eigenvalue weighted by atomic mass is 32.3. The van der Waals surface area contributed by atoms with Crippen LogP contribution in [0.15, 0.2) is 121 Å². The number of fused-ring (bicyclic) bond motifs is 2. The van der Waals surface area contributed by atoms with Crippen LogP contribution in [0.3, 0.4) is 0 Å². The van der Waals surface area contributed by atoms with Crippen LogP contribution in [0.2, 0.25) is 0 Å². The van der Waals surface area contributed by atoms with E-state index in [9.17, 15) is 13.0 Å². The van der Waals surface area contributed by atoms with Gasteiger partial charge in [0.15, 0.2) is 12.0 Å². The summed E-state index contributed by atoms with van der Waals surface area (Å²) < 4.78 is 44.8. The Morgan fingerprint density at radius 3 is 1.87 bits per heavy atom. The van der Waals surface area contributed by atoms with E-state index >= 15 is 0 Å². The molecule has 2 heterocycles. The second-order valence-electron chi connectivity index (χ2n) is 10.6. The molecule has 0 saturated carbocycles. The Morgan fingerprint density at radius 2 is 1.37 bits per heavy atom. The van der Waals surface area contributed by atoms with Crippen LogP contribution in [0.4, 0.5) is 11.4 Å². The van der Waals surface area contributed by atoms with Gasteiger partial charge in [-0.2, -0.15) is 0 Å². The van der Waals surface area contributed by atoms with Crippen molar-refractivity contribution in [1.29, 1.82) is 0 Å². The number of anilines is 2. The predicted molar refractivity (Wildman–Crippen MR) is 183 cm³/mol. The van der Waals surface area contributed by atoms with Crippen molar-refractivity contribution in [2.75, 3.05) is 29.5 Å². The van der Waals surface area contributed by atoms with Crippen molar-refractivity contribution in [2.24, 2.45) is 0 Å². The molecular weight excluding hydrogens is 600 g/mol. The first-order chi connectivity index (χ1) is 22.2. The summed E-state index contributed by atoms with van der Waals surface area (Å²) in [5, 5.41) is 0. The summed E-state index contributed by atoms with van der Waals surface area (Å²) in [7, 11) is -4.42. The molecule has 4 aromatic carbocycles. The van der Waals surface area contributed by atoms with Crippen molar-refractivity contribution in [3.05, 3.63) is 121 Å². The Morgan fingerprint density at radius 1 is 0.783 bits per heavy atom. The number of rotatable bonds is 9. The summed E-state index contributed by atoms with van der Waals surface area (Å²) in [5.74, 6) is 2.68. The Hall–Kier alpha value is -4.57. The first kappa shape index (κ1) is 32.8. The molecule has 1 unspecified atom stereocenters. The van der Waals surface area contributed by atoms with Crippen LogP contribution >= 0.6 is 0 Å². The summed E-state index contributed by atoms with van der Waals surface area (Å²) in [4.78, 5) is 4.57. The molecule has 0 radical (unpaired) electrons. The van der Waals surface area contributed by atoms with Crippen LogP contribution in [0, 0.1) is 0 Å². The standard InChI is InChI=1S/C35H34N2O2.C2H6O4S/c1-4-25(21-34-36(5-2)30-23-28(17-19-32(30)38-34)26-13-9-7-10-14-26)22-35-37(6-3)31-24-29(18-20-33(31)39-35)27-15-11-8-12-16-27;1-2-6-7(3,4)5/h7-24,34H,4-6H2,1-3H3;2H2,1H3,(H,3,4,5)/p-1. The van der Waals surface area contributed by atoms with Crippen LogP contribution in [-0.4, -0.2) is 38.9 Å². The molecule has 240 valence electrons. The first-order valence-corrected chi connectivity index (χ1v) is 16.9. The third-order valence-electron chi connectivity index (χ3n) is 7.76. The summed E-state index contributed by atoms with van der Waals surface area (Å²) >= 11 is 0. The van der Waals surface area contributed by atoms with Gasteiger partial charge in [-0.25, -0.2) is 8.42 Å².